The Balaban J connectivity index is 2.26. The fourth-order valence-electron chi connectivity index (χ4n) is 2.10. The van der Waals surface area contributed by atoms with Crippen LogP contribution in [0.15, 0.2) is 16.0 Å². The Morgan fingerprint density at radius 3 is 2.86 bits per heavy atom. The van der Waals surface area contributed by atoms with Crippen LogP contribution < -0.4 is 4.74 Å². The van der Waals surface area contributed by atoms with E-state index in [4.69, 9.17) is 4.74 Å². The molecule has 0 aliphatic heterocycles. The summed E-state index contributed by atoms with van der Waals surface area (Å²) in [6, 6.07) is 2.97. The third-order valence-electron chi connectivity index (χ3n) is 3.09. The zero-order valence-electron chi connectivity index (χ0n) is 12.0. The molecule has 0 amide bonds. The number of benzene rings is 1. The van der Waals surface area contributed by atoms with Crippen LogP contribution in [-0.2, 0) is 4.79 Å². The molecule has 0 radical (unpaired) electrons. The Morgan fingerprint density at radius 1 is 1.43 bits per heavy atom. The minimum atomic E-state index is -0.571. The largest absolute Gasteiger partial charge is 0.480 e. The minimum absolute atomic E-state index is 0.0318. The van der Waals surface area contributed by atoms with Gasteiger partial charge in [0.2, 0.25) is 0 Å². The van der Waals surface area contributed by atoms with Crippen LogP contribution >= 0.6 is 27.3 Å². The minimum Gasteiger partial charge on any atom is -0.480 e. The van der Waals surface area contributed by atoms with E-state index in [0.29, 0.717) is 22.3 Å². The van der Waals surface area contributed by atoms with E-state index in [0.717, 1.165) is 17.5 Å². The van der Waals surface area contributed by atoms with Gasteiger partial charge in [0.25, 0.3) is 0 Å². The number of hydrogen-bond acceptors (Lipinski definition) is 4. The molecule has 21 heavy (non-hydrogen) atoms. The second-order valence-electron chi connectivity index (χ2n) is 4.83. The number of halogens is 2. The van der Waals surface area contributed by atoms with Gasteiger partial charge >= 0.3 is 0 Å². The van der Waals surface area contributed by atoms with Crippen molar-refractivity contribution in [3.05, 3.63) is 21.9 Å². The van der Waals surface area contributed by atoms with Crippen molar-refractivity contribution in [1.82, 2.24) is 4.98 Å². The first-order valence-electron chi connectivity index (χ1n) is 7.00. The topological polar surface area (TPSA) is 39.2 Å². The van der Waals surface area contributed by atoms with E-state index in [9.17, 15) is 9.18 Å². The van der Waals surface area contributed by atoms with Gasteiger partial charge in [0.05, 0.1) is 10.2 Å². The molecule has 0 N–H and O–H groups in total. The Hall–Kier alpha value is -1.01. The number of thiazole rings is 1. The summed E-state index contributed by atoms with van der Waals surface area (Å²) in [5.41, 5.74) is 0.587. The summed E-state index contributed by atoms with van der Waals surface area (Å²) in [5, 5.41) is 0. The highest BCUT2D eigenvalue weighted by atomic mass is 79.9. The number of fused-ring (bicyclic) bond motifs is 1. The average Bonchev–Trinajstić information content (AvgIpc) is 2.78. The predicted octanol–water partition coefficient (Wildman–Crippen LogP) is 5.11. The van der Waals surface area contributed by atoms with Crippen LogP contribution in [0.25, 0.3) is 10.2 Å². The highest BCUT2D eigenvalue weighted by molar-refractivity contribution is 9.11. The summed E-state index contributed by atoms with van der Waals surface area (Å²) in [7, 11) is 0. The number of ether oxygens (including phenoxy) is 1. The highest BCUT2D eigenvalue weighted by Crippen LogP contribution is 2.32. The molecule has 0 saturated carbocycles. The first-order chi connectivity index (χ1) is 10.0. The Labute approximate surface area is 135 Å². The van der Waals surface area contributed by atoms with Crippen molar-refractivity contribution in [2.45, 2.75) is 45.6 Å². The molecule has 0 aliphatic carbocycles. The first-order valence-corrected chi connectivity index (χ1v) is 8.61. The maximum Gasteiger partial charge on any atom is 0.173 e. The Kier molecular flexibility index (Phi) is 5.70. The second-order valence-corrected chi connectivity index (χ2v) is 7.14. The van der Waals surface area contributed by atoms with Gasteiger partial charge < -0.3 is 4.74 Å². The molecule has 1 aromatic heterocycles. The van der Waals surface area contributed by atoms with Crippen LogP contribution in [0.3, 0.4) is 0 Å². The van der Waals surface area contributed by atoms with Crippen molar-refractivity contribution in [3.8, 4) is 5.75 Å². The summed E-state index contributed by atoms with van der Waals surface area (Å²) >= 11 is 4.69. The lowest BCUT2D eigenvalue weighted by Crippen LogP contribution is -2.27. The van der Waals surface area contributed by atoms with E-state index in [1.807, 2.05) is 13.8 Å². The number of aromatic nitrogens is 1. The predicted molar refractivity (Wildman–Crippen MR) is 86.5 cm³/mol. The highest BCUT2D eigenvalue weighted by Gasteiger charge is 2.21. The van der Waals surface area contributed by atoms with E-state index in [2.05, 4.69) is 20.9 Å². The van der Waals surface area contributed by atoms with E-state index < -0.39 is 11.9 Å². The van der Waals surface area contributed by atoms with Gasteiger partial charge in [0, 0.05) is 18.6 Å². The molecule has 0 saturated heterocycles. The van der Waals surface area contributed by atoms with Gasteiger partial charge in [-0.3, -0.25) is 4.79 Å². The zero-order valence-corrected chi connectivity index (χ0v) is 14.4. The summed E-state index contributed by atoms with van der Waals surface area (Å²) in [6.45, 7) is 3.93. The summed E-state index contributed by atoms with van der Waals surface area (Å²) in [6.07, 6.45) is 2.07. The number of rotatable bonds is 7. The smallest absolute Gasteiger partial charge is 0.173 e. The molecule has 1 heterocycles. The fourth-order valence-corrected chi connectivity index (χ4v) is 3.52. The maximum atomic E-state index is 14.1. The van der Waals surface area contributed by atoms with Crippen LogP contribution in [0.1, 0.15) is 39.5 Å². The van der Waals surface area contributed by atoms with Crippen LogP contribution in [0.2, 0.25) is 0 Å². The van der Waals surface area contributed by atoms with Gasteiger partial charge in [-0.15, -0.1) is 11.3 Å². The number of Topliss-reactive ketones (excluding diaryl/α,β-unsaturated/α-hetero) is 1. The van der Waals surface area contributed by atoms with Gasteiger partial charge in [-0.25, -0.2) is 9.37 Å². The number of carbonyl (C=O) groups excluding carboxylic acids is 1. The molecule has 0 bridgehead atoms. The summed E-state index contributed by atoms with van der Waals surface area (Å²) in [5.74, 6) is -0.323. The molecule has 6 heteroatoms. The quantitative estimate of drug-likeness (QED) is 0.676. The summed E-state index contributed by atoms with van der Waals surface area (Å²) < 4.78 is 21.3. The van der Waals surface area contributed by atoms with Crippen molar-refractivity contribution in [2.24, 2.45) is 0 Å². The molecular weight excluding hydrogens is 357 g/mol. The summed E-state index contributed by atoms with van der Waals surface area (Å²) in [4.78, 5) is 16.2. The van der Waals surface area contributed by atoms with E-state index in [1.54, 1.807) is 6.07 Å². The molecule has 3 nitrogen and oxygen atoms in total. The van der Waals surface area contributed by atoms with Crippen molar-refractivity contribution < 1.29 is 13.9 Å². The molecule has 0 spiro atoms. The third-order valence-corrected chi connectivity index (χ3v) is 4.56. The Morgan fingerprint density at radius 2 is 2.19 bits per heavy atom. The van der Waals surface area contributed by atoms with Crippen molar-refractivity contribution >= 4 is 43.3 Å². The van der Waals surface area contributed by atoms with E-state index >= 15 is 0 Å². The third kappa shape index (κ3) is 4.01. The molecule has 2 rings (SSSR count). The fraction of sp³-hybridized carbons (Fsp3) is 0.467. The van der Waals surface area contributed by atoms with E-state index in [-0.39, 0.29) is 11.5 Å². The van der Waals surface area contributed by atoms with Gasteiger partial charge in [0.1, 0.15) is 0 Å². The number of carbonyl (C=O) groups is 1. The van der Waals surface area contributed by atoms with Gasteiger partial charge in [-0.05, 0) is 28.8 Å². The monoisotopic (exact) mass is 373 g/mol. The molecule has 1 aromatic carbocycles. The van der Waals surface area contributed by atoms with Gasteiger partial charge in [-0.1, -0.05) is 20.3 Å². The first kappa shape index (κ1) is 16.4. The average molecular weight is 374 g/mol. The molecule has 1 unspecified atom stereocenters. The second kappa shape index (κ2) is 7.31. The molecule has 0 fully saturated rings. The van der Waals surface area contributed by atoms with Crippen molar-refractivity contribution in [2.75, 3.05) is 0 Å². The van der Waals surface area contributed by atoms with Gasteiger partial charge in [-0.2, -0.15) is 0 Å². The SMILES string of the molecule is CCCC(=O)C(CCC)Oc1cc2sc(Br)nc2cc1F. The molecule has 2 aromatic rings. The molecule has 0 aliphatic rings. The van der Waals surface area contributed by atoms with Gasteiger partial charge in [0.15, 0.2) is 27.4 Å². The van der Waals surface area contributed by atoms with Crippen molar-refractivity contribution in [3.63, 3.8) is 0 Å². The van der Waals surface area contributed by atoms with Crippen LogP contribution in [0, 0.1) is 5.82 Å². The molecule has 1 atom stereocenters. The Bertz CT molecular complexity index is 644. The van der Waals surface area contributed by atoms with Crippen molar-refractivity contribution in [1.29, 1.82) is 0 Å². The van der Waals surface area contributed by atoms with Crippen LogP contribution in [-0.4, -0.2) is 16.9 Å². The number of nitrogens with zero attached hydrogens (tertiary/aromatic N) is 1. The number of hydrogen-bond donors (Lipinski definition) is 0. The zero-order chi connectivity index (χ0) is 15.4. The normalized spacial score (nSPS) is 12.6. The standard InChI is InChI=1S/C15H17BrFNO2S/c1-3-5-11(19)12(6-4-2)20-13-8-14-10(7-9(13)17)18-15(16)21-14/h7-8,12H,3-6H2,1-2H3. The lowest BCUT2D eigenvalue weighted by molar-refractivity contribution is -0.126. The maximum absolute atomic E-state index is 14.1. The van der Waals surface area contributed by atoms with Crippen LogP contribution in [0.5, 0.6) is 5.75 Å². The van der Waals surface area contributed by atoms with E-state index in [1.165, 1.54) is 17.4 Å². The number of ketones is 1. The van der Waals surface area contributed by atoms with Crippen LogP contribution in [0.4, 0.5) is 4.39 Å². The molecular formula is C15H17BrFNO2S. The molecule has 114 valence electrons. The lowest BCUT2D eigenvalue weighted by Gasteiger charge is -2.17. The lowest BCUT2D eigenvalue weighted by atomic mass is 10.1.